The fourth-order valence-corrected chi connectivity index (χ4v) is 3.88. The van der Waals surface area contributed by atoms with Crippen molar-refractivity contribution in [3.63, 3.8) is 0 Å². The summed E-state index contributed by atoms with van der Waals surface area (Å²) in [6, 6.07) is 11.9. The third-order valence-electron chi connectivity index (χ3n) is 2.80. The van der Waals surface area contributed by atoms with Crippen LogP contribution < -0.4 is 4.72 Å². The van der Waals surface area contributed by atoms with Gasteiger partial charge in [-0.25, -0.2) is 4.98 Å². The van der Waals surface area contributed by atoms with E-state index in [0.717, 1.165) is 4.47 Å². The third kappa shape index (κ3) is 2.76. The van der Waals surface area contributed by atoms with Crippen molar-refractivity contribution in [3.8, 4) is 0 Å². The van der Waals surface area contributed by atoms with Crippen LogP contribution in [0.15, 0.2) is 58.2 Å². The molecule has 0 unspecified atom stereocenters. The third-order valence-corrected chi connectivity index (χ3v) is 5.11. The van der Waals surface area contributed by atoms with Crippen molar-refractivity contribution in [2.24, 2.45) is 0 Å². The van der Waals surface area contributed by atoms with E-state index in [2.05, 4.69) is 25.6 Å². The van der Waals surface area contributed by atoms with E-state index in [4.69, 9.17) is 11.6 Å². The molecule has 0 aliphatic rings. The summed E-state index contributed by atoms with van der Waals surface area (Å²) in [6.45, 7) is 0. The van der Waals surface area contributed by atoms with Crippen LogP contribution >= 0.6 is 27.5 Å². The monoisotopic (exact) mass is 385 g/mol. The standard InChI is InChI=1S/C13H9BrClN3O2S/c14-9-4-6-10(7-5-9)17-21(19,20)13-12(15)16-11-3-1-2-8-18(11)13/h1-8,17H. The van der Waals surface area contributed by atoms with E-state index in [-0.39, 0.29) is 10.2 Å². The molecule has 8 heteroatoms. The molecule has 0 saturated carbocycles. The fourth-order valence-electron chi connectivity index (χ4n) is 1.91. The number of nitrogens with one attached hydrogen (secondary N) is 1. The highest BCUT2D eigenvalue weighted by Gasteiger charge is 2.24. The number of rotatable bonds is 3. The lowest BCUT2D eigenvalue weighted by atomic mass is 10.3. The smallest absolute Gasteiger partial charge is 0.281 e. The lowest BCUT2D eigenvalue weighted by Crippen LogP contribution is -2.15. The number of fused-ring (bicyclic) bond motifs is 1. The van der Waals surface area contributed by atoms with E-state index in [1.165, 1.54) is 4.40 Å². The zero-order chi connectivity index (χ0) is 15.0. The maximum absolute atomic E-state index is 12.5. The lowest BCUT2D eigenvalue weighted by molar-refractivity contribution is 0.596. The summed E-state index contributed by atoms with van der Waals surface area (Å²) < 4.78 is 29.8. The Hall–Kier alpha value is -1.57. The second kappa shape index (κ2) is 5.32. The van der Waals surface area contributed by atoms with Gasteiger partial charge in [-0.3, -0.25) is 9.12 Å². The van der Waals surface area contributed by atoms with Gasteiger partial charge in [-0.05, 0) is 36.4 Å². The Morgan fingerprint density at radius 2 is 1.86 bits per heavy atom. The summed E-state index contributed by atoms with van der Waals surface area (Å²) in [5.41, 5.74) is 0.916. The number of halogens is 2. The fraction of sp³-hybridized carbons (Fsp3) is 0. The number of nitrogens with zero attached hydrogens (tertiary/aromatic N) is 2. The molecule has 0 saturated heterocycles. The van der Waals surface area contributed by atoms with Crippen LogP contribution in [0.5, 0.6) is 0 Å². The van der Waals surface area contributed by atoms with Gasteiger partial charge in [-0.15, -0.1) is 0 Å². The molecule has 108 valence electrons. The molecule has 21 heavy (non-hydrogen) atoms. The van der Waals surface area contributed by atoms with Crippen molar-refractivity contribution < 1.29 is 8.42 Å². The normalized spacial score (nSPS) is 11.7. The summed E-state index contributed by atoms with van der Waals surface area (Å²) >= 11 is 9.28. The Bertz CT molecular complexity index is 907. The quantitative estimate of drug-likeness (QED) is 0.749. The molecular formula is C13H9BrClN3O2S. The highest BCUT2D eigenvalue weighted by atomic mass is 79.9. The molecule has 2 heterocycles. The predicted octanol–water partition coefficient (Wildman–Crippen LogP) is 3.55. The van der Waals surface area contributed by atoms with Gasteiger partial charge in [-0.1, -0.05) is 33.6 Å². The number of sulfonamides is 1. The second-order valence-electron chi connectivity index (χ2n) is 4.25. The molecule has 3 aromatic rings. The minimum Gasteiger partial charge on any atom is -0.288 e. The first-order valence-electron chi connectivity index (χ1n) is 5.88. The number of anilines is 1. The molecule has 1 N–H and O–H groups in total. The van der Waals surface area contributed by atoms with E-state index >= 15 is 0 Å². The van der Waals surface area contributed by atoms with Gasteiger partial charge in [0.15, 0.2) is 10.2 Å². The van der Waals surface area contributed by atoms with Gasteiger partial charge in [0.1, 0.15) is 5.65 Å². The van der Waals surface area contributed by atoms with Gasteiger partial charge in [0.25, 0.3) is 10.0 Å². The second-order valence-corrected chi connectivity index (χ2v) is 7.12. The number of pyridine rings is 1. The van der Waals surface area contributed by atoms with E-state index in [1.54, 1.807) is 48.7 Å². The number of benzene rings is 1. The molecule has 2 aromatic heterocycles. The van der Waals surface area contributed by atoms with Gasteiger partial charge < -0.3 is 0 Å². The molecule has 0 amide bonds. The van der Waals surface area contributed by atoms with Gasteiger partial charge in [-0.2, -0.15) is 8.42 Å². The van der Waals surface area contributed by atoms with Crippen LogP contribution in [-0.4, -0.2) is 17.8 Å². The van der Waals surface area contributed by atoms with Crippen molar-refractivity contribution in [3.05, 3.63) is 58.3 Å². The highest BCUT2D eigenvalue weighted by molar-refractivity contribution is 9.10. The summed E-state index contributed by atoms with van der Waals surface area (Å²) in [5, 5.41) is -0.145. The molecule has 0 spiro atoms. The maximum atomic E-state index is 12.5. The number of hydrogen-bond donors (Lipinski definition) is 1. The Labute approximate surface area is 134 Å². The topological polar surface area (TPSA) is 63.5 Å². The molecule has 0 atom stereocenters. The number of aromatic nitrogens is 2. The SMILES string of the molecule is O=S(=O)(Nc1ccc(Br)cc1)c1c(Cl)nc2ccccn12. The van der Waals surface area contributed by atoms with E-state index in [0.29, 0.717) is 11.3 Å². The van der Waals surface area contributed by atoms with Crippen LogP contribution in [-0.2, 0) is 10.0 Å². The van der Waals surface area contributed by atoms with Crippen molar-refractivity contribution >= 4 is 48.9 Å². The van der Waals surface area contributed by atoms with E-state index in [9.17, 15) is 8.42 Å². The molecule has 0 radical (unpaired) electrons. The number of hydrogen-bond acceptors (Lipinski definition) is 3. The molecule has 5 nitrogen and oxygen atoms in total. The van der Waals surface area contributed by atoms with Crippen molar-refractivity contribution in [1.82, 2.24) is 9.38 Å². The Balaban J connectivity index is 2.08. The van der Waals surface area contributed by atoms with Crippen LogP contribution in [0.4, 0.5) is 5.69 Å². The van der Waals surface area contributed by atoms with Crippen LogP contribution in [0.3, 0.4) is 0 Å². The first-order valence-corrected chi connectivity index (χ1v) is 8.54. The predicted molar refractivity (Wildman–Crippen MR) is 85.2 cm³/mol. The Morgan fingerprint density at radius 1 is 1.14 bits per heavy atom. The summed E-state index contributed by atoms with van der Waals surface area (Å²) in [4.78, 5) is 4.04. The minimum atomic E-state index is -3.84. The maximum Gasteiger partial charge on any atom is 0.281 e. The van der Waals surface area contributed by atoms with Gasteiger partial charge in [0.05, 0.1) is 0 Å². The summed E-state index contributed by atoms with van der Waals surface area (Å²) in [5.74, 6) is 0. The molecule has 0 bridgehead atoms. The van der Waals surface area contributed by atoms with E-state index in [1.807, 2.05) is 0 Å². The summed E-state index contributed by atoms with van der Waals surface area (Å²) in [6.07, 6.45) is 1.60. The minimum absolute atomic E-state index is 0.0641. The van der Waals surface area contributed by atoms with Crippen LogP contribution in [0.1, 0.15) is 0 Å². The first-order chi connectivity index (χ1) is 9.97. The van der Waals surface area contributed by atoms with Gasteiger partial charge in [0, 0.05) is 16.4 Å². The lowest BCUT2D eigenvalue weighted by Gasteiger charge is -2.08. The van der Waals surface area contributed by atoms with Crippen LogP contribution in [0.2, 0.25) is 5.15 Å². The van der Waals surface area contributed by atoms with Crippen LogP contribution in [0.25, 0.3) is 5.65 Å². The molecular weight excluding hydrogens is 378 g/mol. The highest BCUT2D eigenvalue weighted by Crippen LogP contribution is 2.25. The van der Waals surface area contributed by atoms with Crippen LogP contribution in [0, 0.1) is 0 Å². The average Bonchev–Trinajstić information content (AvgIpc) is 2.77. The van der Waals surface area contributed by atoms with E-state index < -0.39 is 10.0 Å². The average molecular weight is 387 g/mol. The zero-order valence-corrected chi connectivity index (χ0v) is 13.7. The van der Waals surface area contributed by atoms with Crippen molar-refractivity contribution in [2.75, 3.05) is 4.72 Å². The largest absolute Gasteiger partial charge is 0.288 e. The Morgan fingerprint density at radius 3 is 2.57 bits per heavy atom. The summed E-state index contributed by atoms with van der Waals surface area (Å²) in [7, 11) is -3.84. The zero-order valence-electron chi connectivity index (χ0n) is 10.5. The van der Waals surface area contributed by atoms with Crippen molar-refractivity contribution in [1.29, 1.82) is 0 Å². The van der Waals surface area contributed by atoms with Gasteiger partial charge >= 0.3 is 0 Å². The molecule has 0 aliphatic heterocycles. The molecule has 1 aromatic carbocycles. The molecule has 3 rings (SSSR count). The molecule has 0 fully saturated rings. The Kier molecular flexibility index (Phi) is 3.64. The number of imidazole rings is 1. The molecule has 0 aliphatic carbocycles. The first kappa shape index (κ1) is 14.4. The van der Waals surface area contributed by atoms with Crippen molar-refractivity contribution in [2.45, 2.75) is 5.03 Å². The van der Waals surface area contributed by atoms with Gasteiger partial charge in [0.2, 0.25) is 0 Å².